The third kappa shape index (κ3) is 2.92. The molecule has 86 valence electrons. The maximum absolute atomic E-state index is 11.9. The normalized spacial score (nSPS) is 28.3. The van der Waals surface area contributed by atoms with Crippen molar-refractivity contribution in [3.05, 3.63) is 0 Å². The first kappa shape index (κ1) is 10.9. The zero-order valence-electron chi connectivity index (χ0n) is 9.19. The van der Waals surface area contributed by atoms with Gasteiger partial charge >= 0.3 is 0 Å². The standard InChI is InChI=1S/C11H20N2O2/c14-10-4-7-12(8-10)9-11(15)13-5-2-1-3-6-13/h10,14H,1-9H2. The zero-order valence-corrected chi connectivity index (χ0v) is 9.19. The Kier molecular flexibility index (Phi) is 3.59. The predicted octanol–water partition coefficient (Wildman–Crippen LogP) is 0.0655. The van der Waals surface area contributed by atoms with Crippen molar-refractivity contribution in [1.29, 1.82) is 0 Å². The van der Waals surface area contributed by atoms with E-state index in [0.29, 0.717) is 13.1 Å². The van der Waals surface area contributed by atoms with Crippen LogP contribution in [0.3, 0.4) is 0 Å². The summed E-state index contributed by atoms with van der Waals surface area (Å²) in [7, 11) is 0. The van der Waals surface area contributed by atoms with Gasteiger partial charge < -0.3 is 10.0 Å². The third-order valence-electron chi connectivity index (χ3n) is 3.32. The number of β-amino-alcohol motifs (C(OH)–C–C–N with tert-alkyl or cyclic N) is 1. The van der Waals surface area contributed by atoms with Gasteiger partial charge in [-0.05, 0) is 25.7 Å². The zero-order chi connectivity index (χ0) is 10.7. The molecule has 2 heterocycles. The first-order valence-corrected chi connectivity index (χ1v) is 5.94. The SMILES string of the molecule is O=C(CN1CCC(O)C1)N1CCCCC1. The second-order valence-corrected chi connectivity index (χ2v) is 4.62. The van der Waals surface area contributed by atoms with E-state index in [0.717, 1.165) is 38.9 Å². The highest BCUT2D eigenvalue weighted by molar-refractivity contribution is 5.78. The summed E-state index contributed by atoms with van der Waals surface area (Å²) in [5.41, 5.74) is 0. The topological polar surface area (TPSA) is 43.8 Å². The van der Waals surface area contributed by atoms with Crippen LogP contribution in [0.4, 0.5) is 0 Å². The largest absolute Gasteiger partial charge is 0.392 e. The van der Waals surface area contributed by atoms with E-state index in [1.807, 2.05) is 4.90 Å². The fourth-order valence-corrected chi connectivity index (χ4v) is 2.39. The van der Waals surface area contributed by atoms with Gasteiger partial charge in [0.25, 0.3) is 0 Å². The second-order valence-electron chi connectivity index (χ2n) is 4.62. The molecule has 1 atom stereocenters. The number of amides is 1. The highest BCUT2D eigenvalue weighted by Crippen LogP contribution is 2.12. The molecule has 1 N–H and O–H groups in total. The van der Waals surface area contributed by atoms with Crippen LogP contribution in [0.2, 0.25) is 0 Å². The minimum atomic E-state index is -0.223. The molecule has 1 unspecified atom stereocenters. The van der Waals surface area contributed by atoms with Gasteiger partial charge in [0.1, 0.15) is 0 Å². The highest BCUT2D eigenvalue weighted by atomic mass is 16.3. The molecule has 2 rings (SSSR count). The summed E-state index contributed by atoms with van der Waals surface area (Å²) in [5, 5.41) is 9.36. The quantitative estimate of drug-likeness (QED) is 0.704. The number of hydrogen-bond acceptors (Lipinski definition) is 3. The fraction of sp³-hybridized carbons (Fsp3) is 0.909. The molecule has 0 aromatic heterocycles. The number of carbonyl (C=O) groups is 1. The van der Waals surface area contributed by atoms with Crippen molar-refractivity contribution in [2.24, 2.45) is 0 Å². The Morgan fingerprint density at radius 1 is 1.20 bits per heavy atom. The molecule has 1 amide bonds. The van der Waals surface area contributed by atoms with E-state index in [9.17, 15) is 9.90 Å². The lowest BCUT2D eigenvalue weighted by Crippen LogP contribution is -2.42. The molecule has 2 aliphatic heterocycles. The predicted molar refractivity (Wildman–Crippen MR) is 57.5 cm³/mol. The summed E-state index contributed by atoms with van der Waals surface area (Å²) in [5.74, 6) is 0.240. The minimum Gasteiger partial charge on any atom is -0.392 e. The van der Waals surface area contributed by atoms with Gasteiger partial charge in [0.05, 0.1) is 12.6 Å². The Balaban J connectivity index is 1.76. The molecule has 2 saturated heterocycles. The summed E-state index contributed by atoms with van der Waals surface area (Å²) in [6, 6.07) is 0. The molecule has 0 aromatic rings. The van der Waals surface area contributed by atoms with E-state index in [1.165, 1.54) is 6.42 Å². The maximum atomic E-state index is 11.9. The monoisotopic (exact) mass is 212 g/mol. The molecule has 0 spiro atoms. The van der Waals surface area contributed by atoms with E-state index < -0.39 is 0 Å². The van der Waals surface area contributed by atoms with Crippen LogP contribution in [0.25, 0.3) is 0 Å². The number of hydrogen-bond donors (Lipinski definition) is 1. The lowest BCUT2D eigenvalue weighted by Gasteiger charge is -2.28. The number of nitrogens with zero attached hydrogens (tertiary/aromatic N) is 2. The Labute approximate surface area is 90.9 Å². The highest BCUT2D eigenvalue weighted by Gasteiger charge is 2.24. The van der Waals surface area contributed by atoms with E-state index >= 15 is 0 Å². The van der Waals surface area contributed by atoms with Gasteiger partial charge in [-0.25, -0.2) is 0 Å². The number of aliphatic hydroxyl groups is 1. The lowest BCUT2D eigenvalue weighted by atomic mass is 10.1. The number of aliphatic hydroxyl groups excluding tert-OH is 1. The minimum absolute atomic E-state index is 0.223. The van der Waals surface area contributed by atoms with Crippen molar-refractivity contribution >= 4 is 5.91 Å². The molecule has 2 aliphatic rings. The van der Waals surface area contributed by atoms with Crippen molar-refractivity contribution in [3.8, 4) is 0 Å². The molecule has 0 bridgehead atoms. The van der Waals surface area contributed by atoms with Crippen molar-refractivity contribution in [2.75, 3.05) is 32.7 Å². The average Bonchev–Trinajstić information content (AvgIpc) is 2.65. The molecule has 0 radical (unpaired) electrons. The van der Waals surface area contributed by atoms with Crippen molar-refractivity contribution in [1.82, 2.24) is 9.80 Å². The van der Waals surface area contributed by atoms with Gasteiger partial charge in [-0.1, -0.05) is 0 Å². The van der Waals surface area contributed by atoms with Crippen LogP contribution in [0.15, 0.2) is 0 Å². The van der Waals surface area contributed by atoms with Crippen molar-refractivity contribution < 1.29 is 9.90 Å². The summed E-state index contributed by atoms with van der Waals surface area (Å²) in [6.07, 6.45) is 4.14. The Hall–Kier alpha value is -0.610. The van der Waals surface area contributed by atoms with Crippen LogP contribution >= 0.6 is 0 Å². The summed E-state index contributed by atoms with van der Waals surface area (Å²) < 4.78 is 0. The van der Waals surface area contributed by atoms with Gasteiger partial charge in [-0.3, -0.25) is 9.69 Å². The van der Waals surface area contributed by atoms with Gasteiger partial charge in [0.15, 0.2) is 0 Å². The van der Waals surface area contributed by atoms with Crippen LogP contribution < -0.4 is 0 Å². The van der Waals surface area contributed by atoms with Gasteiger partial charge in [-0.15, -0.1) is 0 Å². The Bertz CT molecular complexity index is 227. The summed E-state index contributed by atoms with van der Waals surface area (Å²) in [6.45, 7) is 3.88. The number of piperidine rings is 1. The molecule has 2 fully saturated rings. The summed E-state index contributed by atoms with van der Waals surface area (Å²) in [4.78, 5) is 15.9. The van der Waals surface area contributed by atoms with Crippen molar-refractivity contribution in [2.45, 2.75) is 31.8 Å². The second kappa shape index (κ2) is 4.94. The molecular weight excluding hydrogens is 192 g/mol. The van der Waals surface area contributed by atoms with Crippen LogP contribution in [0.1, 0.15) is 25.7 Å². The molecule has 0 aromatic carbocycles. The first-order chi connectivity index (χ1) is 7.25. The van der Waals surface area contributed by atoms with Crippen LogP contribution in [0.5, 0.6) is 0 Å². The number of rotatable bonds is 2. The average molecular weight is 212 g/mol. The number of likely N-dealkylation sites (tertiary alicyclic amines) is 2. The van der Waals surface area contributed by atoms with Gasteiger partial charge in [0, 0.05) is 26.2 Å². The Morgan fingerprint density at radius 3 is 2.53 bits per heavy atom. The third-order valence-corrected chi connectivity index (χ3v) is 3.32. The molecule has 4 heteroatoms. The number of carbonyl (C=O) groups excluding carboxylic acids is 1. The van der Waals surface area contributed by atoms with Gasteiger partial charge in [0.2, 0.25) is 5.91 Å². The Morgan fingerprint density at radius 2 is 1.93 bits per heavy atom. The van der Waals surface area contributed by atoms with E-state index in [2.05, 4.69) is 4.90 Å². The van der Waals surface area contributed by atoms with E-state index in [1.54, 1.807) is 0 Å². The first-order valence-electron chi connectivity index (χ1n) is 5.94. The van der Waals surface area contributed by atoms with E-state index in [-0.39, 0.29) is 12.0 Å². The summed E-state index contributed by atoms with van der Waals surface area (Å²) >= 11 is 0. The lowest BCUT2D eigenvalue weighted by molar-refractivity contribution is -0.133. The molecule has 0 saturated carbocycles. The fourth-order valence-electron chi connectivity index (χ4n) is 2.39. The van der Waals surface area contributed by atoms with E-state index in [4.69, 9.17) is 0 Å². The van der Waals surface area contributed by atoms with Gasteiger partial charge in [-0.2, -0.15) is 0 Å². The van der Waals surface area contributed by atoms with Crippen LogP contribution in [0, 0.1) is 0 Å². The molecular formula is C11H20N2O2. The maximum Gasteiger partial charge on any atom is 0.236 e. The van der Waals surface area contributed by atoms with Crippen molar-refractivity contribution in [3.63, 3.8) is 0 Å². The molecule has 15 heavy (non-hydrogen) atoms. The molecule has 0 aliphatic carbocycles. The van der Waals surface area contributed by atoms with Crippen LogP contribution in [-0.4, -0.2) is 59.6 Å². The smallest absolute Gasteiger partial charge is 0.236 e. The van der Waals surface area contributed by atoms with Crippen LogP contribution in [-0.2, 0) is 4.79 Å². The molecule has 4 nitrogen and oxygen atoms in total.